The molecule has 11 nitrogen and oxygen atoms in total. The molecule has 0 bridgehead atoms. The van der Waals surface area contributed by atoms with E-state index in [0.717, 1.165) is 19.0 Å². The Morgan fingerprint density at radius 2 is 1.97 bits per heavy atom. The molecule has 0 saturated heterocycles. The average molecular weight is 464 g/mol. The number of aromatic amines is 1. The molecule has 0 aliphatic heterocycles. The van der Waals surface area contributed by atoms with Gasteiger partial charge >= 0.3 is 5.76 Å². The highest BCUT2D eigenvalue weighted by atomic mass is 19.1. The van der Waals surface area contributed by atoms with E-state index in [4.69, 9.17) is 9.15 Å². The summed E-state index contributed by atoms with van der Waals surface area (Å²) in [5.74, 6) is -1.65. The van der Waals surface area contributed by atoms with Crippen molar-refractivity contribution in [2.45, 2.75) is 18.9 Å². The van der Waals surface area contributed by atoms with Gasteiger partial charge in [-0.3, -0.25) is 14.6 Å². The third-order valence-electron chi connectivity index (χ3n) is 5.00. The van der Waals surface area contributed by atoms with Gasteiger partial charge in [-0.15, -0.1) is 0 Å². The fourth-order valence-electron chi connectivity index (χ4n) is 3.24. The first-order valence-corrected chi connectivity index (χ1v) is 10.2. The molecular formula is C22H17FN6O5. The lowest BCUT2D eigenvalue weighted by Crippen LogP contribution is -2.25. The molecule has 2 heterocycles. The van der Waals surface area contributed by atoms with Crippen molar-refractivity contribution in [2.75, 3.05) is 10.6 Å². The molecule has 4 aromatic rings. The molecule has 172 valence electrons. The Labute approximate surface area is 190 Å². The van der Waals surface area contributed by atoms with Gasteiger partial charge in [-0.2, -0.15) is 4.98 Å². The van der Waals surface area contributed by atoms with Crippen LogP contribution in [-0.2, 0) is 4.79 Å². The van der Waals surface area contributed by atoms with E-state index in [-0.39, 0.29) is 41.5 Å². The smallest absolute Gasteiger partial charge is 0.417 e. The van der Waals surface area contributed by atoms with E-state index in [1.807, 2.05) is 0 Å². The molecule has 12 heteroatoms. The largest absolute Gasteiger partial charge is 0.428 e. The Bertz CT molecular complexity index is 1460. The lowest BCUT2D eigenvalue weighted by atomic mass is 10.1. The van der Waals surface area contributed by atoms with Crippen LogP contribution in [0.1, 0.15) is 23.2 Å². The van der Waals surface area contributed by atoms with E-state index in [9.17, 15) is 18.8 Å². The van der Waals surface area contributed by atoms with Gasteiger partial charge in [0.15, 0.2) is 17.2 Å². The Kier molecular flexibility index (Phi) is 5.38. The van der Waals surface area contributed by atoms with E-state index >= 15 is 0 Å². The van der Waals surface area contributed by atoms with E-state index in [0.29, 0.717) is 22.5 Å². The molecule has 0 spiro atoms. The second kappa shape index (κ2) is 8.65. The number of H-pyrrole nitrogens is 1. The van der Waals surface area contributed by atoms with E-state index in [2.05, 4.69) is 30.9 Å². The van der Waals surface area contributed by atoms with Crippen LogP contribution in [0.3, 0.4) is 0 Å². The number of carbonyl (C=O) groups is 2. The number of carbonyl (C=O) groups excluding carboxylic acids is 2. The standard InChI is InChI=1S/C22H17FN6O5/c23-15-9-24-21(29-19(15)25-12-4-6-17-16(7-12)28-22(32)34-17)27-13-3-5-14(18(8-13)33-10-30)20(31)26-11-1-2-11/h3-11H,1-2H2,(H,26,31)(H,28,32)(H2,24,25,27,29). The molecule has 1 amide bonds. The number of nitrogens with one attached hydrogen (secondary N) is 4. The van der Waals surface area contributed by atoms with E-state index in [1.54, 1.807) is 24.3 Å². The van der Waals surface area contributed by atoms with Crippen molar-refractivity contribution in [3.8, 4) is 5.75 Å². The molecule has 1 aliphatic carbocycles. The number of ether oxygens (including phenoxy) is 1. The maximum absolute atomic E-state index is 14.3. The Balaban J connectivity index is 1.37. The van der Waals surface area contributed by atoms with E-state index in [1.165, 1.54) is 12.1 Å². The molecule has 5 rings (SSSR count). The normalized spacial score (nSPS) is 12.9. The molecule has 4 N–H and O–H groups in total. The zero-order valence-corrected chi connectivity index (χ0v) is 17.4. The zero-order valence-electron chi connectivity index (χ0n) is 17.4. The number of fused-ring (bicyclic) bond motifs is 1. The van der Waals surface area contributed by atoms with Gasteiger partial charge in [-0.05, 0) is 43.2 Å². The van der Waals surface area contributed by atoms with Crippen molar-refractivity contribution in [1.82, 2.24) is 20.3 Å². The van der Waals surface area contributed by atoms with Gasteiger partial charge in [0.05, 0.1) is 17.3 Å². The monoisotopic (exact) mass is 464 g/mol. The van der Waals surface area contributed by atoms with Crippen LogP contribution in [0.15, 0.2) is 51.8 Å². The minimum atomic E-state index is -0.705. The van der Waals surface area contributed by atoms with E-state index < -0.39 is 11.6 Å². The second-order valence-corrected chi connectivity index (χ2v) is 7.54. The van der Waals surface area contributed by atoms with Gasteiger partial charge in [-0.1, -0.05) is 0 Å². The van der Waals surface area contributed by atoms with Crippen LogP contribution < -0.4 is 26.4 Å². The quantitative estimate of drug-likeness (QED) is 0.288. The number of nitrogens with zero attached hydrogens (tertiary/aromatic N) is 2. The first kappa shape index (κ1) is 21.1. The van der Waals surface area contributed by atoms with Gasteiger partial charge in [-0.25, -0.2) is 14.2 Å². The number of benzene rings is 2. The summed E-state index contributed by atoms with van der Waals surface area (Å²) in [5.41, 5.74) is 1.88. The highest BCUT2D eigenvalue weighted by molar-refractivity contribution is 5.98. The minimum Gasteiger partial charge on any atom is -0.428 e. The number of rotatable bonds is 8. The Hall–Kier alpha value is -4.74. The van der Waals surface area contributed by atoms with Crippen molar-refractivity contribution < 1.29 is 23.1 Å². The average Bonchev–Trinajstić information content (AvgIpc) is 3.54. The maximum Gasteiger partial charge on any atom is 0.417 e. The topological polar surface area (TPSA) is 151 Å². The van der Waals surface area contributed by atoms with Crippen LogP contribution in [0.25, 0.3) is 11.1 Å². The Morgan fingerprint density at radius 3 is 2.76 bits per heavy atom. The summed E-state index contributed by atoms with van der Waals surface area (Å²) >= 11 is 0. The third-order valence-corrected chi connectivity index (χ3v) is 5.00. The summed E-state index contributed by atoms with van der Waals surface area (Å²) in [4.78, 5) is 45.2. The lowest BCUT2D eigenvalue weighted by Gasteiger charge is -2.12. The summed E-state index contributed by atoms with van der Waals surface area (Å²) in [6, 6.07) is 9.40. The van der Waals surface area contributed by atoms with Crippen LogP contribution in [0.4, 0.5) is 27.5 Å². The molecule has 1 aliphatic rings. The van der Waals surface area contributed by atoms with Crippen LogP contribution in [-0.4, -0.2) is 33.4 Å². The van der Waals surface area contributed by atoms with Crippen molar-refractivity contribution in [3.63, 3.8) is 0 Å². The molecule has 1 saturated carbocycles. The van der Waals surface area contributed by atoms with Gasteiger partial charge in [0, 0.05) is 23.5 Å². The predicted octanol–water partition coefficient (Wildman–Crippen LogP) is 2.96. The fraction of sp³-hybridized carbons (Fsp3) is 0.136. The molecule has 0 unspecified atom stereocenters. The lowest BCUT2D eigenvalue weighted by molar-refractivity contribution is -0.120. The van der Waals surface area contributed by atoms with Crippen molar-refractivity contribution in [1.29, 1.82) is 0 Å². The third kappa shape index (κ3) is 4.55. The second-order valence-electron chi connectivity index (χ2n) is 7.54. The number of aromatic nitrogens is 3. The van der Waals surface area contributed by atoms with Crippen molar-refractivity contribution >= 4 is 46.6 Å². The number of hydrogen-bond acceptors (Lipinski definition) is 9. The summed E-state index contributed by atoms with van der Waals surface area (Å²) in [7, 11) is 0. The van der Waals surface area contributed by atoms with Crippen LogP contribution in [0, 0.1) is 5.82 Å². The first-order chi connectivity index (χ1) is 16.5. The summed E-state index contributed by atoms with van der Waals surface area (Å²) in [6.45, 7) is 0.230. The molecule has 34 heavy (non-hydrogen) atoms. The van der Waals surface area contributed by atoms with Crippen LogP contribution >= 0.6 is 0 Å². The van der Waals surface area contributed by atoms with Gasteiger partial charge in [0.1, 0.15) is 5.75 Å². The minimum absolute atomic E-state index is 0.0499. The first-order valence-electron chi connectivity index (χ1n) is 10.2. The highest BCUT2D eigenvalue weighted by Gasteiger charge is 2.25. The summed E-state index contributed by atoms with van der Waals surface area (Å²) in [5, 5.41) is 8.55. The molecule has 0 atom stereocenters. The number of amides is 1. The molecular weight excluding hydrogens is 447 g/mol. The molecule has 0 radical (unpaired) electrons. The summed E-state index contributed by atoms with van der Waals surface area (Å²) < 4.78 is 24.3. The Morgan fingerprint density at radius 1 is 1.18 bits per heavy atom. The van der Waals surface area contributed by atoms with Crippen LogP contribution in [0.2, 0.25) is 0 Å². The van der Waals surface area contributed by atoms with Crippen LogP contribution in [0.5, 0.6) is 5.75 Å². The zero-order chi connectivity index (χ0) is 23.7. The number of hydrogen-bond donors (Lipinski definition) is 4. The highest BCUT2D eigenvalue weighted by Crippen LogP contribution is 2.28. The van der Waals surface area contributed by atoms with Gasteiger partial charge < -0.3 is 25.1 Å². The van der Waals surface area contributed by atoms with Gasteiger partial charge in [0.2, 0.25) is 5.95 Å². The van der Waals surface area contributed by atoms with Gasteiger partial charge in [0.25, 0.3) is 12.4 Å². The SMILES string of the molecule is O=COc1cc(Nc2ncc(F)c(Nc3ccc4oc(=O)[nH]c4c3)n2)ccc1C(=O)NC1CC1. The molecule has 1 fully saturated rings. The molecule has 2 aromatic carbocycles. The number of oxazole rings is 1. The molecule has 2 aromatic heterocycles. The fourth-order valence-corrected chi connectivity index (χ4v) is 3.24. The number of halogens is 1. The number of anilines is 4. The van der Waals surface area contributed by atoms with Crippen molar-refractivity contribution in [2.24, 2.45) is 0 Å². The maximum atomic E-state index is 14.3. The predicted molar refractivity (Wildman–Crippen MR) is 119 cm³/mol. The van der Waals surface area contributed by atoms with Crippen molar-refractivity contribution in [3.05, 3.63) is 64.5 Å². The summed E-state index contributed by atoms with van der Waals surface area (Å²) in [6.07, 6.45) is 2.82.